The highest BCUT2D eigenvalue weighted by Gasteiger charge is 2.30. The van der Waals surface area contributed by atoms with Crippen molar-refractivity contribution in [1.29, 1.82) is 0 Å². The van der Waals surface area contributed by atoms with Crippen LogP contribution in [-0.4, -0.2) is 73.5 Å². The van der Waals surface area contributed by atoms with Crippen LogP contribution in [-0.2, 0) is 0 Å². The van der Waals surface area contributed by atoms with Gasteiger partial charge in [-0.25, -0.2) is 14.5 Å². The number of ether oxygens (including phenoxy) is 1. The van der Waals surface area contributed by atoms with Gasteiger partial charge in [0, 0.05) is 42.5 Å². The van der Waals surface area contributed by atoms with Gasteiger partial charge in [-0.2, -0.15) is 10.2 Å². The number of thiazole rings is 1. The third-order valence-corrected chi connectivity index (χ3v) is 7.88. The van der Waals surface area contributed by atoms with E-state index in [4.69, 9.17) is 14.8 Å². The molecule has 1 saturated heterocycles. The zero-order valence-electron chi connectivity index (χ0n) is 21.3. The highest BCUT2D eigenvalue weighted by atomic mass is 32.1. The number of piperazine rings is 1. The van der Waals surface area contributed by atoms with Gasteiger partial charge in [-0.15, -0.1) is 0 Å². The highest BCUT2D eigenvalue weighted by molar-refractivity contribution is 7.18. The van der Waals surface area contributed by atoms with Crippen LogP contribution in [0.3, 0.4) is 0 Å². The number of aromatic amines is 1. The van der Waals surface area contributed by atoms with Crippen molar-refractivity contribution in [1.82, 2.24) is 34.7 Å². The van der Waals surface area contributed by atoms with Crippen LogP contribution in [0, 0.1) is 0 Å². The molecule has 0 saturated carbocycles. The molecule has 186 valence electrons. The van der Waals surface area contributed by atoms with E-state index >= 15 is 0 Å². The fourth-order valence-corrected chi connectivity index (χ4v) is 6.13. The molecule has 1 aliphatic rings. The van der Waals surface area contributed by atoms with Crippen LogP contribution < -0.4 is 9.64 Å². The van der Waals surface area contributed by atoms with E-state index in [-0.39, 0.29) is 5.92 Å². The van der Waals surface area contributed by atoms with Crippen LogP contribution in [0.1, 0.15) is 52.5 Å². The van der Waals surface area contributed by atoms with Crippen LogP contribution >= 0.6 is 11.3 Å². The van der Waals surface area contributed by atoms with Gasteiger partial charge >= 0.3 is 0 Å². The second-order valence-corrected chi connectivity index (χ2v) is 10.7. The molecular formula is C25H34N8OS. The number of hydrogen-bond acceptors (Lipinski definition) is 8. The molecule has 0 aliphatic carbocycles. The Balaban J connectivity index is 1.49. The fourth-order valence-electron chi connectivity index (χ4n) is 5.09. The van der Waals surface area contributed by atoms with Crippen LogP contribution in [0.25, 0.3) is 27.6 Å². The SMILES string of the molecule is CCCN1C[C@@H](C)N(c2cnc(-c3[nH]nc(-c4cc(OC)c5ncnn5c4)c3C(C)C)s2)C[C@@H]1C. The van der Waals surface area contributed by atoms with Gasteiger partial charge in [-0.1, -0.05) is 32.1 Å². The number of pyridine rings is 1. The number of H-pyrrole nitrogens is 1. The van der Waals surface area contributed by atoms with Crippen LogP contribution in [0.4, 0.5) is 5.00 Å². The summed E-state index contributed by atoms with van der Waals surface area (Å²) in [7, 11) is 1.65. The van der Waals surface area contributed by atoms with Gasteiger partial charge < -0.3 is 9.64 Å². The first kappa shape index (κ1) is 23.7. The first-order chi connectivity index (χ1) is 16.9. The maximum absolute atomic E-state index is 5.57. The number of nitrogens with one attached hydrogen (secondary N) is 1. The average molecular weight is 495 g/mol. The molecule has 5 heterocycles. The molecule has 1 N–H and O–H groups in total. The van der Waals surface area contributed by atoms with Gasteiger partial charge in [-0.3, -0.25) is 10.00 Å². The molecule has 4 aromatic rings. The van der Waals surface area contributed by atoms with Crippen molar-refractivity contribution < 1.29 is 4.74 Å². The standard InChI is InChI=1S/C25H34N8OS/c1-7-8-31-11-17(5)32(12-16(31)4)20-10-26-25(35-20)23-21(15(2)3)22(29-30-23)18-9-19(34-6)24-27-14-28-33(24)13-18/h9-10,13-17H,7-8,11-12H2,1-6H3,(H,29,30)/t16-,17+/m0/s1. The third-order valence-electron chi connectivity index (χ3n) is 6.83. The Morgan fingerprint density at radius 2 is 2.03 bits per heavy atom. The van der Waals surface area contributed by atoms with E-state index in [1.165, 1.54) is 17.7 Å². The highest BCUT2D eigenvalue weighted by Crippen LogP contribution is 2.40. The first-order valence-corrected chi connectivity index (χ1v) is 13.2. The van der Waals surface area contributed by atoms with E-state index < -0.39 is 0 Å². The first-order valence-electron chi connectivity index (χ1n) is 12.3. The van der Waals surface area contributed by atoms with Gasteiger partial charge in [0.25, 0.3) is 0 Å². The summed E-state index contributed by atoms with van der Waals surface area (Å²) in [4.78, 5) is 14.2. The lowest BCUT2D eigenvalue weighted by molar-refractivity contribution is 0.167. The summed E-state index contributed by atoms with van der Waals surface area (Å²) in [5.41, 5.74) is 4.62. The summed E-state index contributed by atoms with van der Waals surface area (Å²) in [5.74, 6) is 0.918. The average Bonchev–Trinajstić information content (AvgIpc) is 3.59. The number of fused-ring (bicyclic) bond motifs is 1. The third kappa shape index (κ3) is 4.29. The molecule has 9 nitrogen and oxygen atoms in total. The van der Waals surface area contributed by atoms with Gasteiger partial charge in [0.2, 0.25) is 0 Å². The molecule has 1 fully saturated rings. The lowest BCUT2D eigenvalue weighted by Gasteiger charge is -2.44. The number of nitrogens with zero attached hydrogens (tertiary/aromatic N) is 7. The molecule has 1 aliphatic heterocycles. The summed E-state index contributed by atoms with van der Waals surface area (Å²) in [5, 5.41) is 14.5. The van der Waals surface area contributed by atoms with Crippen molar-refractivity contribution in [2.45, 2.75) is 59.0 Å². The Hall–Kier alpha value is -2.98. The van der Waals surface area contributed by atoms with Crippen molar-refractivity contribution in [3.05, 3.63) is 30.4 Å². The quantitative estimate of drug-likeness (QED) is 0.399. The molecule has 0 radical (unpaired) electrons. The molecule has 0 bridgehead atoms. The number of hydrogen-bond donors (Lipinski definition) is 1. The minimum absolute atomic E-state index is 0.250. The number of rotatable bonds is 7. The van der Waals surface area contributed by atoms with Crippen LogP contribution in [0.15, 0.2) is 24.8 Å². The topological polar surface area (TPSA) is 87.5 Å². The number of anilines is 1. The van der Waals surface area contributed by atoms with Crippen LogP contribution in [0.5, 0.6) is 5.75 Å². The lowest BCUT2D eigenvalue weighted by atomic mass is 9.97. The van der Waals surface area contributed by atoms with Gasteiger partial charge in [0.05, 0.1) is 24.7 Å². The second-order valence-electron chi connectivity index (χ2n) is 9.69. The van der Waals surface area contributed by atoms with Gasteiger partial charge in [-0.05, 0) is 38.8 Å². The molecule has 5 rings (SSSR count). The number of methoxy groups -OCH3 is 1. The molecule has 0 amide bonds. The molecule has 35 heavy (non-hydrogen) atoms. The summed E-state index contributed by atoms with van der Waals surface area (Å²) in [6.45, 7) is 14.5. The second kappa shape index (κ2) is 9.58. The smallest absolute Gasteiger partial charge is 0.197 e. The monoisotopic (exact) mass is 494 g/mol. The molecule has 10 heteroatoms. The number of aromatic nitrogens is 6. The minimum atomic E-state index is 0.250. The maximum atomic E-state index is 5.57. The van der Waals surface area contributed by atoms with Crippen molar-refractivity contribution in [3.63, 3.8) is 0 Å². The predicted molar refractivity (Wildman–Crippen MR) is 140 cm³/mol. The normalized spacial score (nSPS) is 19.2. The summed E-state index contributed by atoms with van der Waals surface area (Å²) in [6, 6.07) is 2.96. The van der Waals surface area contributed by atoms with Crippen molar-refractivity contribution in [2.75, 3.05) is 31.6 Å². The van der Waals surface area contributed by atoms with E-state index in [0.29, 0.717) is 23.5 Å². The lowest BCUT2D eigenvalue weighted by Crippen LogP contribution is -2.56. The Kier molecular flexibility index (Phi) is 6.50. The summed E-state index contributed by atoms with van der Waals surface area (Å²) < 4.78 is 7.30. The Morgan fingerprint density at radius 1 is 1.20 bits per heavy atom. The van der Waals surface area contributed by atoms with E-state index in [9.17, 15) is 0 Å². The molecule has 0 aromatic carbocycles. The molecular weight excluding hydrogens is 460 g/mol. The molecule has 0 spiro atoms. The van der Waals surface area contributed by atoms with Gasteiger partial charge in [0.1, 0.15) is 16.3 Å². The van der Waals surface area contributed by atoms with E-state index in [2.05, 4.69) is 59.6 Å². The molecule has 2 atom stereocenters. The minimum Gasteiger partial charge on any atom is -0.493 e. The van der Waals surface area contributed by atoms with Gasteiger partial charge in [0.15, 0.2) is 11.4 Å². The molecule has 4 aromatic heterocycles. The molecule has 0 unspecified atom stereocenters. The fraction of sp³-hybridized carbons (Fsp3) is 0.520. The zero-order valence-corrected chi connectivity index (χ0v) is 22.1. The largest absolute Gasteiger partial charge is 0.493 e. The van der Waals surface area contributed by atoms with Crippen molar-refractivity contribution in [3.8, 4) is 27.7 Å². The predicted octanol–water partition coefficient (Wildman–Crippen LogP) is 4.68. The van der Waals surface area contributed by atoms with E-state index in [1.54, 1.807) is 23.0 Å². The summed E-state index contributed by atoms with van der Waals surface area (Å²) in [6.07, 6.45) is 6.69. The van der Waals surface area contributed by atoms with Crippen molar-refractivity contribution in [2.24, 2.45) is 0 Å². The Bertz CT molecular complexity index is 1310. The zero-order chi connectivity index (χ0) is 24.7. The summed E-state index contributed by atoms with van der Waals surface area (Å²) >= 11 is 1.74. The van der Waals surface area contributed by atoms with Crippen LogP contribution in [0.2, 0.25) is 0 Å². The van der Waals surface area contributed by atoms with Crippen molar-refractivity contribution >= 4 is 22.0 Å². The van der Waals surface area contributed by atoms with E-state index in [1.807, 2.05) is 18.5 Å². The maximum Gasteiger partial charge on any atom is 0.197 e. The Morgan fingerprint density at radius 3 is 2.77 bits per heavy atom. The Labute approximate surface area is 210 Å². The van der Waals surface area contributed by atoms with E-state index in [0.717, 1.165) is 47.2 Å².